The fourth-order valence-electron chi connectivity index (χ4n) is 1.83. The van der Waals surface area contributed by atoms with Crippen LogP contribution in [0.3, 0.4) is 0 Å². The maximum atomic E-state index is 13.4. The quantitative estimate of drug-likeness (QED) is 0.822. The number of hydrogen-bond acceptors (Lipinski definition) is 1. The molecular formula is C14H20F3N. The molecule has 1 N–H and O–H groups in total. The third-order valence-electron chi connectivity index (χ3n) is 3.01. The largest absolute Gasteiger partial charge is 0.316 e. The summed E-state index contributed by atoms with van der Waals surface area (Å²) in [4.78, 5) is 0. The van der Waals surface area contributed by atoms with Crippen LogP contribution in [0.4, 0.5) is 13.2 Å². The third-order valence-corrected chi connectivity index (χ3v) is 3.01. The Bertz CT molecular complexity index is 379. The van der Waals surface area contributed by atoms with Gasteiger partial charge < -0.3 is 5.32 Å². The number of benzene rings is 1. The van der Waals surface area contributed by atoms with E-state index in [1.165, 1.54) is 0 Å². The minimum absolute atomic E-state index is 0.0269. The van der Waals surface area contributed by atoms with E-state index in [-0.39, 0.29) is 17.4 Å². The number of nitrogens with one attached hydrogen (secondary N) is 1. The molecule has 1 rings (SSSR count). The Balaban J connectivity index is 2.69. The van der Waals surface area contributed by atoms with Gasteiger partial charge >= 0.3 is 0 Å². The Labute approximate surface area is 106 Å². The van der Waals surface area contributed by atoms with Gasteiger partial charge in [0.2, 0.25) is 0 Å². The molecule has 0 aromatic heterocycles. The van der Waals surface area contributed by atoms with Crippen molar-refractivity contribution in [1.29, 1.82) is 0 Å². The average Bonchev–Trinajstić information content (AvgIpc) is 2.24. The van der Waals surface area contributed by atoms with E-state index in [1.807, 2.05) is 20.8 Å². The molecule has 0 saturated carbocycles. The van der Waals surface area contributed by atoms with Crippen molar-refractivity contribution in [2.45, 2.75) is 33.6 Å². The van der Waals surface area contributed by atoms with Gasteiger partial charge in [-0.2, -0.15) is 0 Å². The van der Waals surface area contributed by atoms with E-state index in [0.717, 1.165) is 25.2 Å². The van der Waals surface area contributed by atoms with Crippen LogP contribution in [0.15, 0.2) is 12.1 Å². The van der Waals surface area contributed by atoms with Crippen LogP contribution >= 0.6 is 0 Å². The molecule has 0 aliphatic carbocycles. The van der Waals surface area contributed by atoms with Crippen molar-refractivity contribution < 1.29 is 13.2 Å². The molecule has 102 valence electrons. The van der Waals surface area contributed by atoms with E-state index in [0.29, 0.717) is 6.42 Å². The highest BCUT2D eigenvalue weighted by Gasteiger charge is 2.20. The molecule has 1 aromatic carbocycles. The lowest BCUT2D eigenvalue weighted by atomic mass is 9.86. The molecule has 1 nitrogen and oxygen atoms in total. The van der Waals surface area contributed by atoms with Crippen molar-refractivity contribution in [2.24, 2.45) is 5.41 Å². The predicted molar refractivity (Wildman–Crippen MR) is 67.0 cm³/mol. The van der Waals surface area contributed by atoms with Crippen LogP contribution in [-0.4, -0.2) is 13.1 Å². The van der Waals surface area contributed by atoms with Gasteiger partial charge in [0.1, 0.15) is 17.5 Å². The molecule has 0 bridgehead atoms. The fraction of sp³-hybridized carbons (Fsp3) is 0.571. The highest BCUT2D eigenvalue weighted by atomic mass is 19.1. The van der Waals surface area contributed by atoms with E-state index in [2.05, 4.69) is 5.32 Å². The van der Waals surface area contributed by atoms with Gasteiger partial charge in [-0.25, -0.2) is 13.2 Å². The fourth-order valence-corrected chi connectivity index (χ4v) is 1.83. The molecule has 0 atom stereocenters. The summed E-state index contributed by atoms with van der Waals surface area (Å²) in [5.41, 5.74) is -0.0792. The molecule has 0 saturated heterocycles. The molecule has 0 amide bonds. The van der Waals surface area contributed by atoms with Gasteiger partial charge in [0.25, 0.3) is 0 Å². The summed E-state index contributed by atoms with van der Waals surface area (Å²) in [5.74, 6) is -2.47. The van der Waals surface area contributed by atoms with Gasteiger partial charge in [0, 0.05) is 24.2 Å². The maximum Gasteiger partial charge on any atom is 0.132 e. The van der Waals surface area contributed by atoms with Crippen molar-refractivity contribution in [3.8, 4) is 0 Å². The molecule has 0 unspecified atom stereocenters. The van der Waals surface area contributed by atoms with Crippen molar-refractivity contribution >= 4 is 0 Å². The van der Waals surface area contributed by atoms with E-state index < -0.39 is 17.5 Å². The Morgan fingerprint density at radius 2 is 1.67 bits per heavy atom. The highest BCUT2D eigenvalue weighted by Crippen LogP contribution is 2.24. The number of rotatable bonds is 6. The summed E-state index contributed by atoms with van der Waals surface area (Å²) in [6, 6.07) is 1.46. The Hall–Kier alpha value is -1.03. The van der Waals surface area contributed by atoms with Crippen molar-refractivity contribution in [3.05, 3.63) is 35.1 Å². The van der Waals surface area contributed by atoms with E-state index in [1.54, 1.807) is 0 Å². The standard InChI is InChI=1S/C14H20F3N/c1-4-18-9-14(2,3)6-5-11-12(16)7-10(15)8-13(11)17/h7-8,18H,4-6,9H2,1-3H3. The number of halogens is 3. The van der Waals surface area contributed by atoms with Gasteiger partial charge in [-0.3, -0.25) is 0 Å². The van der Waals surface area contributed by atoms with Crippen LogP contribution in [0.5, 0.6) is 0 Å². The van der Waals surface area contributed by atoms with Gasteiger partial charge in [-0.15, -0.1) is 0 Å². The molecule has 0 radical (unpaired) electrons. The Kier molecular flexibility index (Phi) is 5.20. The number of hydrogen-bond donors (Lipinski definition) is 1. The lowest BCUT2D eigenvalue weighted by Gasteiger charge is -2.25. The zero-order valence-corrected chi connectivity index (χ0v) is 11.1. The van der Waals surface area contributed by atoms with E-state index in [9.17, 15) is 13.2 Å². The second-order valence-corrected chi connectivity index (χ2v) is 5.29. The van der Waals surface area contributed by atoms with Crippen LogP contribution in [0.2, 0.25) is 0 Å². The smallest absolute Gasteiger partial charge is 0.132 e. The Morgan fingerprint density at radius 3 is 2.17 bits per heavy atom. The molecule has 0 aliphatic heterocycles. The summed E-state index contributed by atoms with van der Waals surface area (Å²) in [6.45, 7) is 7.73. The summed E-state index contributed by atoms with van der Waals surface area (Å²) in [7, 11) is 0. The SMILES string of the molecule is CCNCC(C)(C)CCc1c(F)cc(F)cc1F. The molecule has 0 fully saturated rings. The molecule has 0 heterocycles. The first-order chi connectivity index (χ1) is 8.35. The van der Waals surface area contributed by atoms with Crippen molar-refractivity contribution in [1.82, 2.24) is 5.32 Å². The zero-order valence-electron chi connectivity index (χ0n) is 11.1. The van der Waals surface area contributed by atoms with Gasteiger partial charge in [0.15, 0.2) is 0 Å². The molecule has 0 aliphatic rings. The van der Waals surface area contributed by atoms with Crippen molar-refractivity contribution in [2.75, 3.05) is 13.1 Å². The first-order valence-electron chi connectivity index (χ1n) is 6.20. The second-order valence-electron chi connectivity index (χ2n) is 5.29. The van der Waals surface area contributed by atoms with Crippen LogP contribution < -0.4 is 5.32 Å². The van der Waals surface area contributed by atoms with Crippen LogP contribution in [0.25, 0.3) is 0 Å². The van der Waals surface area contributed by atoms with Crippen LogP contribution in [0, 0.1) is 22.9 Å². The molecule has 4 heteroatoms. The lowest BCUT2D eigenvalue weighted by Crippen LogP contribution is -2.29. The molecule has 0 spiro atoms. The predicted octanol–water partition coefficient (Wildman–Crippen LogP) is 3.67. The first-order valence-corrected chi connectivity index (χ1v) is 6.20. The van der Waals surface area contributed by atoms with Crippen LogP contribution in [-0.2, 0) is 6.42 Å². The van der Waals surface area contributed by atoms with Crippen molar-refractivity contribution in [3.63, 3.8) is 0 Å². The van der Waals surface area contributed by atoms with E-state index >= 15 is 0 Å². The second kappa shape index (κ2) is 6.23. The average molecular weight is 259 g/mol. The summed E-state index contributed by atoms with van der Waals surface area (Å²) < 4.78 is 39.6. The van der Waals surface area contributed by atoms with Gasteiger partial charge in [0.05, 0.1) is 0 Å². The normalized spacial score (nSPS) is 11.9. The molecule has 1 aromatic rings. The van der Waals surface area contributed by atoms with E-state index in [4.69, 9.17) is 0 Å². The summed E-state index contributed by atoms with van der Waals surface area (Å²) in [5, 5.41) is 3.22. The molecular weight excluding hydrogens is 239 g/mol. The first kappa shape index (κ1) is 15.0. The highest BCUT2D eigenvalue weighted by molar-refractivity contribution is 5.21. The summed E-state index contributed by atoms with van der Waals surface area (Å²) in [6.07, 6.45) is 0.913. The van der Waals surface area contributed by atoms with Gasteiger partial charge in [-0.1, -0.05) is 20.8 Å². The minimum Gasteiger partial charge on any atom is -0.316 e. The monoisotopic (exact) mass is 259 g/mol. The Morgan fingerprint density at radius 1 is 1.11 bits per heavy atom. The summed E-state index contributed by atoms with van der Waals surface area (Å²) >= 11 is 0. The molecule has 18 heavy (non-hydrogen) atoms. The topological polar surface area (TPSA) is 12.0 Å². The van der Waals surface area contributed by atoms with Crippen LogP contribution in [0.1, 0.15) is 32.8 Å². The third kappa shape index (κ3) is 4.33. The zero-order chi connectivity index (χ0) is 13.8. The lowest BCUT2D eigenvalue weighted by molar-refractivity contribution is 0.314. The van der Waals surface area contributed by atoms with Gasteiger partial charge in [-0.05, 0) is 24.8 Å². The maximum absolute atomic E-state index is 13.4. The minimum atomic E-state index is -0.874.